The molecule has 0 saturated carbocycles. The zero-order chi connectivity index (χ0) is 21.9. The van der Waals surface area contributed by atoms with Crippen LogP contribution in [0, 0.1) is 5.41 Å². The summed E-state index contributed by atoms with van der Waals surface area (Å²) in [4.78, 5) is 25.4. The standard InChI is InChI=1S/C22H23Cl2N3O3/c1-14(2)30-21(29)22(3)13-27(26-20(22)15-4-6-16(23)7-5-15)12-19(28)25-18-10-8-17(24)9-11-18/h4-11,14H,12-13H2,1-3H3,(H,25,28). The van der Waals surface area contributed by atoms with Gasteiger partial charge in [0.1, 0.15) is 12.0 Å². The van der Waals surface area contributed by atoms with Crippen molar-refractivity contribution in [2.24, 2.45) is 10.5 Å². The number of halogens is 2. The minimum absolute atomic E-state index is 0.00966. The van der Waals surface area contributed by atoms with Crippen molar-refractivity contribution in [2.45, 2.75) is 26.9 Å². The van der Waals surface area contributed by atoms with E-state index >= 15 is 0 Å². The van der Waals surface area contributed by atoms with Crippen LogP contribution in [0.1, 0.15) is 26.3 Å². The number of hydrogen-bond donors (Lipinski definition) is 1. The first kappa shape index (κ1) is 22.1. The summed E-state index contributed by atoms with van der Waals surface area (Å²) in [5.74, 6) is -0.634. The number of carbonyl (C=O) groups is 2. The fourth-order valence-corrected chi connectivity index (χ4v) is 3.46. The number of hydrazone groups is 1. The first-order valence-corrected chi connectivity index (χ1v) is 10.3. The third-order valence-corrected chi connectivity index (χ3v) is 5.13. The van der Waals surface area contributed by atoms with Gasteiger partial charge in [-0.15, -0.1) is 0 Å². The molecule has 1 aliphatic rings. The smallest absolute Gasteiger partial charge is 0.320 e. The lowest BCUT2D eigenvalue weighted by atomic mass is 9.82. The highest BCUT2D eigenvalue weighted by atomic mass is 35.5. The fourth-order valence-electron chi connectivity index (χ4n) is 3.21. The lowest BCUT2D eigenvalue weighted by molar-refractivity contribution is -0.155. The third-order valence-electron chi connectivity index (χ3n) is 4.63. The van der Waals surface area contributed by atoms with Crippen molar-refractivity contribution >= 4 is 46.5 Å². The summed E-state index contributed by atoms with van der Waals surface area (Å²) in [5, 5.41) is 10.1. The van der Waals surface area contributed by atoms with E-state index in [4.69, 9.17) is 27.9 Å². The predicted molar refractivity (Wildman–Crippen MR) is 119 cm³/mol. The SMILES string of the molecule is CC(C)OC(=O)C1(C)CN(CC(=O)Nc2ccc(Cl)cc2)N=C1c1ccc(Cl)cc1. The lowest BCUT2D eigenvalue weighted by Crippen LogP contribution is -2.42. The Morgan fingerprint density at radius 2 is 1.67 bits per heavy atom. The minimum atomic E-state index is -1.02. The second-order valence-corrected chi connectivity index (χ2v) is 8.49. The molecule has 8 heteroatoms. The molecular weight excluding hydrogens is 425 g/mol. The van der Waals surface area contributed by atoms with Gasteiger partial charge in [0.2, 0.25) is 5.91 Å². The van der Waals surface area contributed by atoms with E-state index < -0.39 is 5.41 Å². The molecule has 158 valence electrons. The molecule has 1 unspecified atom stereocenters. The van der Waals surface area contributed by atoms with Crippen LogP contribution in [0.15, 0.2) is 53.6 Å². The zero-order valence-electron chi connectivity index (χ0n) is 17.0. The van der Waals surface area contributed by atoms with Gasteiger partial charge in [0.25, 0.3) is 0 Å². The maximum absolute atomic E-state index is 12.9. The van der Waals surface area contributed by atoms with E-state index in [-0.39, 0.29) is 31.1 Å². The minimum Gasteiger partial charge on any atom is -0.462 e. The molecule has 1 amide bonds. The van der Waals surface area contributed by atoms with E-state index in [1.54, 1.807) is 74.3 Å². The van der Waals surface area contributed by atoms with Crippen LogP contribution in [0.4, 0.5) is 5.69 Å². The highest BCUT2D eigenvalue weighted by Gasteiger charge is 2.47. The van der Waals surface area contributed by atoms with E-state index in [1.165, 1.54) is 0 Å². The molecule has 0 fully saturated rings. The van der Waals surface area contributed by atoms with Gasteiger partial charge >= 0.3 is 5.97 Å². The molecule has 2 aromatic carbocycles. The fraction of sp³-hybridized carbons (Fsp3) is 0.318. The number of esters is 1. The van der Waals surface area contributed by atoms with Crippen LogP contribution < -0.4 is 5.32 Å². The van der Waals surface area contributed by atoms with Crippen LogP contribution in [0.2, 0.25) is 10.0 Å². The summed E-state index contributed by atoms with van der Waals surface area (Å²) in [6.07, 6.45) is -0.261. The number of benzene rings is 2. The van der Waals surface area contributed by atoms with E-state index in [2.05, 4.69) is 10.4 Å². The van der Waals surface area contributed by atoms with Gasteiger partial charge in [0.05, 0.1) is 18.4 Å². The molecule has 30 heavy (non-hydrogen) atoms. The molecule has 0 radical (unpaired) electrons. The number of carbonyl (C=O) groups excluding carboxylic acids is 2. The molecule has 0 aromatic heterocycles. The number of ether oxygens (including phenoxy) is 1. The van der Waals surface area contributed by atoms with Crippen LogP contribution in [-0.4, -0.2) is 41.8 Å². The van der Waals surface area contributed by atoms with Gasteiger partial charge in [0.15, 0.2) is 0 Å². The number of hydrogen-bond acceptors (Lipinski definition) is 5. The Kier molecular flexibility index (Phi) is 6.68. The molecule has 0 spiro atoms. The molecule has 3 rings (SSSR count). The van der Waals surface area contributed by atoms with Gasteiger partial charge in [-0.3, -0.25) is 14.6 Å². The number of rotatable bonds is 6. The Hall–Kier alpha value is -2.57. The molecule has 1 N–H and O–H groups in total. The van der Waals surface area contributed by atoms with Gasteiger partial charge in [-0.05, 0) is 62.7 Å². The van der Waals surface area contributed by atoms with Crippen molar-refractivity contribution in [1.29, 1.82) is 0 Å². The largest absolute Gasteiger partial charge is 0.462 e. The van der Waals surface area contributed by atoms with E-state index in [9.17, 15) is 9.59 Å². The average Bonchev–Trinajstić information content (AvgIpc) is 3.01. The van der Waals surface area contributed by atoms with Crippen molar-refractivity contribution in [2.75, 3.05) is 18.4 Å². The van der Waals surface area contributed by atoms with Crippen LogP contribution in [-0.2, 0) is 14.3 Å². The van der Waals surface area contributed by atoms with Crippen molar-refractivity contribution in [3.63, 3.8) is 0 Å². The topological polar surface area (TPSA) is 71.0 Å². The monoisotopic (exact) mass is 447 g/mol. The summed E-state index contributed by atoms with van der Waals surface area (Å²) < 4.78 is 5.49. The Morgan fingerprint density at radius 3 is 2.23 bits per heavy atom. The number of nitrogens with one attached hydrogen (secondary N) is 1. The average molecular weight is 448 g/mol. The number of anilines is 1. The Balaban J connectivity index is 1.81. The van der Waals surface area contributed by atoms with Gasteiger partial charge in [0, 0.05) is 15.7 Å². The van der Waals surface area contributed by atoms with Gasteiger partial charge in [-0.25, -0.2) is 0 Å². The summed E-state index contributed by atoms with van der Waals surface area (Å²) in [6, 6.07) is 13.9. The van der Waals surface area contributed by atoms with Crippen molar-refractivity contribution in [3.8, 4) is 0 Å². The van der Waals surface area contributed by atoms with Crippen molar-refractivity contribution < 1.29 is 14.3 Å². The van der Waals surface area contributed by atoms with Gasteiger partial charge < -0.3 is 10.1 Å². The summed E-state index contributed by atoms with van der Waals surface area (Å²) in [6.45, 7) is 5.59. The van der Waals surface area contributed by atoms with Crippen LogP contribution >= 0.6 is 23.2 Å². The van der Waals surface area contributed by atoms with E-state index in [0.717, 1.165) is 5.56 Å². The Labute approximate surface area is 185 Å². The van der Waals surface area contributed by atoms with E-state index in [1.807, 2.05) is 0 Å². The predicted octanol–water partition coefficient (Wildman–Crippen LogP) is 4.61. The summed E-state index contributed by atoms with van der Waals surface area (Å²) >= 11 is 11.9. The number of nitrogens with zero attached hydrogens (tertiary/aromatic N) is 2. The second-order valence-electron chi connectivity index (χ2n) is 7.62. The lowest BCUT2D eigenvalue weighted by Gasteiger charge is -2.25. The van der Waals surface area contributed by atoms with Crippen molar-refractivity contribution in [1.82, 2.24) is 5.01 Å². The molecular formula is C22H23Cl2N3O3. The second kappa shape index (κ2) is 9.06. The van der Waals surface area contributed by atoms with Gasteiger partial charge in [-0.1, -0.05) is 35.3 Å². The normalized spacial score (nSPS) is 18.3. The Bertz CT molecular complexity index is 959. The molecule has 0 bridgehead atoms. The molecule has 1 atom stereocenters. The zero-order valence-corrected chi connectivity index (χ0v) is 18.5. The molecule has 0 saturated heterocycles. The maximum atomic E-state index is 12.9. The molecule has 6 nitrogen and oxygen atoms in total. The maximum Gasteiger partial charge on any atom is 0.320 e. The quantitative estimate of drug-likeness (QED) is 0.656. The third kappa shape index (κ3) is 5.12. The molecule has 1 aliphatic heterocycles. The molecule has 1 heterocycles. The van der Waals surface area contributed by atoms with Crippen LogP contribution in [0.3, 0.4) is 0 Å². The first-order chi connectivity index (χ1) is 14.2. The Morgan fingerprint density at radius 1 is 1.10 bits per heavy atom. The van der Waals surface area contributed by atoms with Crippen molar-refractivity contribution in [3.05, 3.63) is 64.1 Å². The molecule has 2 aromatic rings. The molecule has 0 aliphatic carbocycles. The highest BCUT2D eigenvalue weighted by molar-refractivity contribution is 6.31. The summed E-state index contributed by atoms with van der Waals surface area (Å²) in [5.41, 5.74) is 0.915. The highest BCUT2D eigenvalue weighted by Crippen LogP contribution is 2.33. The van der Waals surface area contributed by atoms with E-state index in [0.29, 0.717) is 21.4 Å². The van der Waals surface area contributed by atoms with Crippen LogP contribution in [0.25, 0.3) is 0 Å². The van der Waals surface area contributed by atoms with Crippen LogP contribution in [0.5, 0.6) is 0 Å². The van der Waals surface area contributed by atoms with Gasteiger partial charge in [-0.2, -0.15) is 5.10 Å². The summed E-state index contributed by atoms with van der Waals surface area (Å²) in [7, 11) is 0. The first-order valence-electron chi connectivity index (χ1n) is 9.54. The number of amides is 1.